The molecule has 116 valence electrons. The molecule has 1 rings (SSSR count). The summed E-state index contributed by atoms with van der Waals surface area (Å²) >= 11 is 0. The van der Waals surface area contributed by atoms with Crippen LogP contribution in [0.5, 0.6) is 0 Å². The molecular weight excluding hydrogens is 266 g/mol. The molecule has 0 bridgehead atoms. The zero-order chi connectivity index (χ0) is 15.3. The van der Waals surface area contributed by atoms with Gasteiger partial charge in [-0.15, -0.1) is 0 Å². The van der Waals surface area contributed by atoms with Gasteiger partial charge in [0, 0.05) is 6.42 Å². The van der Waals surface area contributed by atoms with E-state index in [1.165, 1.54) is 12.8 Å². The SMILES string of the molecule is CCCCCCC(=O)NCCOC(=O)Cc1ccccc1. The van der Waals surface area contributed by atoms with Crippen LogP contribution in [0, 0.1) is 0 Å². The van der Waals surface area contributed by atoms with Gasteiger partial charge in [0.2, 0.25) is 5.91 Å². The van der Waals surface area contributed by atoms with E-state index in [4.69, 9.17) is 4.74 Å². The first-order valence-corrected chi connectivity index (χ1v) is 7.68. The van der Waals surface area contributed by atoms with E-state index in [-0.39, 0.29) is 24.9 Å². The molecule has 0 saturated heterocycles. The highest BCUT2D eigenvalue weighted by molar-refractivity contribution is 5.76. The monoisotopic (exact) mass is 291 g/mol. The number of amides is 1. The third-order valence-corrected chi connectivity index (χ3v) is 3.14. The Kier molecular flexibility index (Phi) is 8.93. The Morgan fingerprint density at radius 2 is 1.86 bits per heavy atom. The fraction of sp³-hybridized carbons (Fsp3) is 0.529. The van der Waals surface area contributed by atoms with Crippen molar-refractivity contribution in [2.75, 3.05) is 13.2 Å². The number of hydrogen-bond acceptors (Lipinski definition) is 3. The zero-order valence-electron chi connectivity index (χ0n) is 12.8. The number of carbonyl (C=O) groups is 2. The van der Waals surface area contributed by atoms with Crippen LogP contribution in [0.15, 0.2) is 30.3 Å². The van der Waals surface area contributed by atoms with Gasteiger partial charge >= 0.3 is 5.97 Å². The van der Waals surface area contributed by atoms with Gasteiger partial charge in [0.05, 0.1) is 13.0 Å². The third-order valence-electron chi connectivity index (χ3n) is 3.14. The molecule has 0 unspecified atom stereocenters. The van der Waals surface area contributed by atoms with Gasteiger partial charge in [0.1, 0.15) is 6.61 Å². The van der Waals surface area contributed by atoms with Gasteiger partial charge in [-0.1, -0.05) is 56.5 Å². The Hall–Kier alpha value is -1.84. The molecule has 4 nitrogen and oxygen atoms in total. The molecule has 0 spiro atoms. The molecular formula is C17H25NO3. The highest BCUT2D eigenvalue weighted by Crippen LogP contribution is 2.02. The Balaban J connectivity index is 2.03. The van der Waals surface area contributed by atoms with E-state index in [0.29, 0.717) is 13.0 Å². The summed E-state index contributed by atoms with van der Waals surface area (Å²) in [7, 11) is 0. The topological polar surface area (TPSA) is 55.4 Å². The molecule has 0 aliphatic carbocycles. The van der Waals surface area contributed by atoms with Crippen LogP contribution in [0.4, 0.5) is 0 Å². The van der Waals surface area contributed by atoms with Crippen molar-refractivity contribution in [1.82, 2.24) is 5.32 Å². The minimum Gasteiger partial charge on any atom is -0.464 e. The molecule has 0 aliphatic heterocycles. The largest absolute Gasteiger partial charge is 0.464 e. The van der Waals surface area contributed by atoms with Gasteiger partial charge < -0.3 is 10.1 Å². The van der Waals surface area contributed by atoms with Crippen molar-refractivity contribution in [2.45, 2.75) is 45.4 Å². The molecule has 0 aliphatic rings. The summed E-state index contributed by atoms with van der Waals surface area (Å²) in [6, 6.07) is 9.46. The van der Waals surface area contributed by atoms with E-state index in [1.54, 1.807) is 0 Å². The number of esters is 1. The second kappa shape index (κ2) is 10.9. The molecule has 0 saturated carbocycles. The first kappa shape index (κ1) is 17.2. The summed E-state index contributed by atoms with van der Waals surface area (Å²) in [5, 5.41) is 2.76. The van der Waals surface area contributed by atoms with Crippen molar-refractivity contribution in [3.63, 3.8) is 0 Å². The van der Waals surface area contributed by atoms with Gasteiger partial charge in [-0.3, -0.25) is 9.59 Å². The van der Waals surface area contributed by atoms with Crippen LogP contribution in [-0.4, -0.2) is 25.0 Å². The van der Waals surface area contributed by atoms with Gasteiger partial charge in [0.15, 0.2) is 0 Å². The van der Waals surface area contributed by atoms with E-state index in [9.17, 15) is 9.59 Å². The van der Waals surface area contributed by atoms with Gasteiger partial charge in [0.25, 0.3) is 0 Å². The second-order valence-electron chi connectivity index (χ2n) is 5.04. The molecule has 0 radical (unpaired) electrons. The lowest BCUT2D eigenvalue weighted by Gasteiger charge is -2.07. The van der Waals surface area contributed by atoms with E-state index >= 15 is 0 Å². The Morgan fingerprint density at radius 3 is 2.57 bits per heavy atom. The zero-order valence-corrected chi connectivity index (χ0v) is 12.8. The number of unbranched alkanes of at least 4 members (excludes halogenated alkanes) is 3. The van der Waals surface area contributed by atoms with Crippen LogP contribution in [0.1, 0.15) is 44.6 Å². The van der Waals surface area contributed by atoms with Crippen LogP contribution < -0.4 is 5.32 Å². The quantitative estimate of drug-likeness (QED) is 0.533. The third kappa shape index (κ3) is 8.84. The minimum atomic E-state index is -0.265. The molecule has 0 fully saturated rings. The molecule has 4 heteroatoms. The highest BCUT2D eigenvalue weighted by Gasteiger charge is 2.05. The molecule has 21 heavy (non-hydrogen) atoms. The minimum absolute atomic E-state index is 0.0326. The average molecular weight is 291 g/mol. The predicted octanol–water partition coefficient (Wildman–Crippen LogP) is 2.86. The number of carbonyl (C=O) groups excluding carboxylic acids is 2. The number of ether oxygens (including phenoxy) is 1. The van der Waals surface area contributed by atoms with Crippen molar-refractivity contribution in [3.05, 3.63) is 35.9 Å². The van der Waals surface area contributed by atoms with Crippen LogP contribution in [0.2, 0.25) is 0 Å². The summed E-state index contributed by atoms with van der Waals surface area (Å²) in [5.41, 5.74) is 0.933. The van der Waals surface area contributed by atoms with Gasteiger partial charge in [-0.25, -0.2) is 0 Å². The fourth-order valence-corrected chi connectivity index (χ4v) is 1.97. The maximum atomic E-state index is 11.6. The second-order valence-corrected chi connectivity index (χ2v) is 5.04. The van der Waals surface area contributed by atoms with Crippen molar-refractivity contribution in [1.29, 1.82) is 0 Å². The molecule has 0 aromatic heterocycles. The molecule has 1 N–H and O–H groups in total. The standard InChI is InChI=1S/C17H25NO3/c1-2-3-4-8-11-16(19)18-12-13-21-17(20)14-15-9-6-5-7-10-15/h5-7,9-10H,2-4,8,11-14H2,1H3,(H,18,19). The number of rotatable bonds is 10. The lowest BCUT2D eigenvalue weighted by atomic mass is 10.1. The Bertz CT molecular complexity index is 417. The summed E-state index contributed by atoms with van der Waals surface area (Å²) in [6.07, 6.45) is 5.18. The smallest absolute Gasteiger partial charge is 0.310 e. The fourth-order valence-electron chi connectivity index (χ4n) is 1.97. The average Bonchev–Trinajstić information content (AvgIpc) is 2.49. The van der Waals surface area contributed by atoms with Crippen molar-refractivity contribution >= 4 is 11.9 Å². The summed E-state index contributed by atoms with van der Waals surface area (Å²) in [4.78, 5) is 23.1. The Labute approximate surface area is 126 Å². The molecule has 1 aromatic carbocycles. The lowest BCUT2D eigenvalue weighted by molar-refractivity contribution is -0.143. The lowest BCUT2D eigenvalue weighted by Crippen LogP contribution is -2.28. The number of nitrogens with one attached hydrogen (secondary N) is 1. The first-order chi connectivity index (χ1) is 10.2. The predicted molar refractivity (Wildman–Crippen MR) is 82.9 cm³/mol. The van der Waals surface area contributed by atoms with E-state index < -0.39 is 0 Å². The highest BCUT2D eigenvalue weighted by atomic mass is 16.5. The summed E-state index contributed by atoms with van der Waals surface area (Å²) in [6.45, 7) is 2.75. The molecule has 1 aromatic rings. The number of benzene rings is 1. The van der Waals surface area contributed by atoms with Crippen LogP contribution in [-0.2, 0) is 20.7 Å². The summed E-state index contributed by atoms with van der Waals surface area (Å²) < 4.78 is 5.09. The van der Waals surface area contributed by atoms with Gasteiger partial charge in [-0.05, 0) is 12.0 Å². The van der Waals surface area contributed by atoms with Crippen LogP contribution in [0.25, 0.3) is 0 Å². The molecule has 0 heterocycles. The van der Waals surface area contributed by atoms with Crippen LogP contribution in [0.3, 0.4) is 0 Å². The number of hydrogen-bond donors (Lipinski definition) is 1. The first-order valence-electron chi connectivity index (χ1n) is 7.68. The normalized spacial score (nSPS) is 10.1. The van der Waals surface area contributed by atoms with Crippen LogP contribution >= 0.6 is 0 Å². The summed E-state index contributed by atoms with van der Waals surface area (Å²) in [5.74, 6) is -0.233. The van der Waals surface area contributed by atoms with E-state index in [1.807, 2.05) is 30.3 Å². The van der Waals surface area contributed by atoms with Crippen molar-refractivity contribution in [2.24, 2.45) is 0 Å². The maximum absolute atomic E-state index is 11.6. The van der Waals surface area contributed by atoms with Gasteiger partial charge in [-0.2, -0.15) is 0 Å². The van der Waals surface area contributed by atoms with E-state index in [0.717, 1.165) is 18.4 Å². The molecule has 0 atom stereocenters. The van der Waals surface area contributed by atoms with E-state index in [2.05, 4.69) is 12.2 Å². The molecule has 1 amide bonds. The van der Waals surface area contributed by atoms with Crippen molar-refractivity contribution in [3.8, 4) is 0 Å². The van der Waals surface area contributed by atoms with Crippen molar-refractivity contribution < 1.29 is 14.3 Å². The Morgan fingerprint density at radius 1 is 1.10 bits per heavy atom. The maximum Gasteiger partial charge on any atom is 0.310 e.